The summed E-state index contributed by atoms with van der Waals surface area (Å²) in [4.78, 5) is 0. The second-order valence-corrected chi connectivity index (χ2v) is 27.6. The molecule has 0 N–H and O–H groups in total. The zero-order valence-corrected chi connectivity index (χ0v) is 17.0. The molecule has 0 aromatic rings. The smallest absolute Gasteiger partial charge is 0.0666 e. The van der Waals surface area contributed by atoms with Crippen molar-refractivity contribution in [2.45, 2.75) is 62.9 Å². The summed E-state index contributed by atoms with van der Waals surface area (Å²) in [6.45, 7) is 20.9. The van der Waals surface area contributed by atoms with E-state index in [9.17, 15) is 0 Å². The molecule has 0 aromatic heterocycles. The molecule has 0 aromatic carbocycles. The van der Waals surface area contributed by atoms with Crippen molar-refractivity contribution < 1.29 is 0 Å². The van der Waals surface area contributed by atoms with Crippen LogP contribution in [0.2, 0.25) is 39.3 Å². The van der Waals surface area contributed by atoms with Crippen molar-refractivity contribution in [2.75, 3.05) is 6.16 Å². The molecular formula is C14H28P2Si2. The van der Waals surface area contributed by atoms with Gasteiger partial charge in [-0.1, -0.05) is 73.1 Å². The topological polar surface area (TPSA) is 0 Å². The molecule has 2 unspecified atom stereocenters. The number of rotatable bonds is 2. The highest BCUT2D eigenvalue weighted by molar-refractivity contribution is 8.51. The fourth-order valence-corrected chi connectivity index (χ4v) is 40.8. The molecule has 18 heavy (non-hydrogen) atoms. The van der Waals surface area contributed by atoms with Crippen LogP contribution in [-0.4, -0.2) is 32.1 Å². The van der Waals surface area contributed by atoms with Gasteiger partial charge in [0, 0.05) is 4.52 Å². The highest BCUT2D eigenvalue weighted by atomic mass is 32.1. The summed E-state index contributed by atoms with van der Waals surface area (Å²) in [5.41, 5.74) is 2.41. The lowest BCUT2D eigenvalue weighted by atomic mass is 9.86. The van der Waals surface area contributed by atoms with Crippen molar-refractivity contribution in [2.24, 2.45) is 5.41 Å². The van der Waals surface area contributed by atoms with E-state index in [1.165, 1.54) is 0 Å². The monoisotopic (exact) mass is 314 g/mol. The fraction of sp³-hybridized carbons (Fsp3) is 0.857. The molecule has 2 saturated heterocycles. The molecular weight excluding hydrogens is 286 g/mol. The van der Waals surface area contributed by atoms with E-state index in [-0.39, 0.29) is 0 Å². The molecule has 0 nitrogen and oxygen atoms in total. The van der Waals surface area contributed by atoms with Gasteiger partial charge in [-0.05, 0) is 23.8 Å². The highest BCUT2D eigenvalue weighted by Crippen LogP contribution is 3.12. The Hall–Kier alpha value is 1.03. The van der Waals surface area contributed by atoms with Crippen LogP contribution in [0.25, 0.3) is 0 Å². The van der Waals surface area contributed by atoms with Crippen LogP contribution in [0.3, 0.4) is 0 Å². The highest BCUT2D eigenvalue weighted by Gasteiger charge is 2.81. The molecule has 4 aliphatic heterocycles. The van der Waals surface area contributed by atoms with Crippen LogP contribution in [0.15, 0.2) is 11.6 Å². The first kappa shape index (κ1) is 14.0. The minimum Gasteiger partial charge on any atom is -0.0725 e. The lowest BCUT2D eigenvalue weighted by Crippen LogP contribution is -2.54. The second kappa shape index (κ2) is 3.43. The molecule has 4 aliphatic rings. The maximum Gasteiger partial charge on any atom is 0.0666 e. The largest absolute Gasteiger partial charge is 0.0725 e. The van der Waals surface area contributed by atoms with Gasteiger partial charge < -0.3 is 0 Å². The van der Waals surface area contributed by atoms with Crippen molar-refractivity contribution in [3.05, 3.63) is 11.6 Å². The van der Waals surface area contributed by atoms with Crippen LogP contribution in [0, 0.1) is 5.41 Å². The molecule has 0 radical (unpaired) electrons. The Balaban J connectivity index is 2.15. The summed E-state index contributed by atoms with van der Waals surface area (Å²) in [5.74, 6) is 0. The maximum atomic E-state index is 2.83. The summed E-state index contributed by atoms with van der Waals surface area (Å²) in [6, 6.07) is 0. The van der Waals surface area contributed by atoms with Gasteiger partial charge in [-0.15, -0.1) is 0 Å². The van der Waals surface area contributed by atoms with Gasteiger partial charge in [0.25, 0.3) is 0 Å². The summed E-state index contributed by atoms with van der Waals surface area (Å²) >= 11 is 0. The third-order valence-electron chi connectivity index (χ3n) is 5.53. The second-order valence-electron chi connectivity index (χ2n) is 8.89. The Morgan fingerprint density at radius 1 is 1.17 bits per heavy atom. The molecule has 102 valence electrons. The van der Waals surface area contributed by atoms with Gasteiger partial charge >= 0.3 is 0 Å². The zero-order chi connectivity index (χ0) is 13.7. The SMILES string of the molecule is CC1=C[C@]2([Si](C)(C)C)P3C[C@@]1(C)[C@H]([Si](C)(C)C)P32. The van der Waals surface area contributed by atoms with E-state index in [0.717, 1.165) is 9.80 Å². The Bertz CT molecular complexity index is 446. The fourth-order valence-electron chi connectivity index (χ4n) is 4.71. The Kier molecular flexibility index (Phi) is 2.67. The van der Waals surface area contributed by atoms with Gasteiger partial charge in [0.2, 0.25) is 0 Å². The van der Waals surface area contributed by atoms with Crippen molar-refractivity contribution >= 4 is 31.4 Å². The average Bonchev–Trinajstić information content (AvgIpc) is 2.65. The minimum atomic E-state index is -1.02. The Morgan fingerprint density at radius 2 is 1.72 bits per heavy atom. The molecule has 4 bridgehead atoms. The van der Waals surface area contributed by atoms with E-state index in [4.69, 9.17) is 0 Å². The lowest BCUT2D eigenvalue weighted by Gasteiger charge is -2.50. The minimum absolute atomic E-state index is 0.401. The summed E-state index contributed by atoms with van der Waals surface area (Å²) in [6.07, 6.45) is 4.44. The van der Waals surface area contributed by atoms with Gasteiger partial charge in [0.15, 0.2) is 0 Å². The van der Waals surface area contributed by atoms with Crippen LogP contribution < -0.4 is 0 Å². The molecule has 4 heterocycles. The third-order valence-corrected chi connectivity index (χ3v) is 29.8. The van der Waals surface area contributed by atoms with E-state index < -0.39 is 16.1 Å². The summed E-state index contributed by atoms with van der Waals surface area (Å²) < 4.78 is 0.824. The van der Waals surface area contributed by atoms with Crippen LogP contribution in [0.5, 0.6) is 0 Å². The standard InChI is InChI=1S/C14H28P2Si2/c1-11-9-14(18(6,7)8)15-10-13(11,2)12(16(14)15)17(3,4)5/h9,12H,10H2,1-8H3/t12-,13+,14-,15?,16?/m0/s1. The zero-order valence-electron chi connectivity index (χ0n) is 13.3. The van der Waals surface area contributed by atoms with Crippen molar-refractivity contribution in [1.29, 1.82) is 0 Å². The van der Waals surface area contributed by atoms with Gasteiger partial charge in [-0.2, -0.15) is 0 Å². The molecule has 5 atom stereocenters. The Labute approximate surface area is 117 Å². The van der Waals surface area contributed by atoms with E-state index in [2.05, 4.69) is 59.2 Å². The first-order valence-electron chi connectivity index (χ1n) is 7.23. The van der Waals surface area contributed by atoms with Crippen molar-refractivity contribution in [1.82, 2.24) is 0 Å². The molecule has 0 amide bonds. The van der Waals surface area contributed by atoms with E-state index in [1.54, 1.807) is 11.7 Å². The summed E-state index contributed by atoms with van der Waals surface area (Å²) in [5, 5.41) is 1.14. The van der Waals surface area contributed by atoms with Gasteiger partial charge in [-0.25, -0.2) is 0 Å². The van der Waals surface area contributed by atoms with Gasteiger partial charge in [0.1, 0.15) is 0 Å². The molecule has 2 fully saturated rings. The van der Waals surface area contributed by atoms with E-state index >= 15 is 0 Å². The number of hydrogen-bond donors (Lipinski definition) is 0. The molecule has 4 rings (SSSR count). The number of allylic oxidation sites excluding steroid dienone is 2. The van der Waals surface area contributed by atoms with Crippen LogP contribution >= 0.6 is 15.2 Å². The van der Waals surface area contributed by atoms with Crippen LogP contribution in [0.1, 0.15) is 13.8 Å². The van der Waals surface area contributed by atoms with Crippen LogP contribution in [0.4, 0.5) is 0 Å². The predicted octanol–water partition coefficient (Wildman–Crippen LogP) is 5.68. The van der Waals surface area contributed by atoms with Gasteiger partial charge in [-0.3, -0.25) is 0 Å². The Morgan fingerprint density at radius 3 is 2.17 bits per heavy atom. The lowest BCUT2D eigenvalue weighted by molar-refractivity contribution is 0.478. The molecule has 0 saturated carbocycles. The van der Waals surface area contributed by atoms with E-state index in [1.807, 2.05) is 0 Å². The maximum absolute atomic E-state index is 2.83. The molecule has 4 heteroatoms. The predicted molar refractivity (Wildman–Crippen MR) is 93.8 cm³/mol. The quantitative estimate of drug-likeness (QED) is 0.349. The third kappa shape index (κ3) is 1.39. The molecule has 0 spiro atoms. The number of hydrogen-bond acceptors (Lipinski definition) is 0. The normalized spacial score (nSPS) is 50.2. The van der Waals surface area contributed by atoms with Crippen molar-refractivity contribution in [3.8, 4) is 0 Å². The van der Waals surface area contributed by atoms with Crippen molar-refractivity contribution in [3.63, 3.8) is 0 Å². The summed E-state index contributed by atoms with van der Waals surface area (Å²) in [7, 11) is -1.21. The molecule has 0 aliphatic carbocycles. The first-order valence-corrected chi connectivity index (χ1v) is 18.0. The first-order chi connectivity index (χ1) is 7.96. The van der Waals surface area contributed by atoms with Gasteiger partial charge in [0.05, 0.1) is 16.1 Å². The van der Waals surface area contributed by atoms with E-state index in [0.29, 0.717) is 20.6 Å². The van der Waals surface area contributed by atoms with Crippen LogP contribution in [-0.2, 0) is 0 Å². The average molecular weight is 314 g/mol.